The van der Waals surface area contributed by atoms with Gasteiger partial charge < -0.3 is 5.11 Å². The van der Waals surface area contributed by atoms with Gasteiger partial charge in [0.05, 0.1) is 18.8 Å². The molecule has 4 heteroatoms. The molecule has 0 unspecified atom stereocenters. The van der Waals surface area contributed by atoms with Gasteiger partial charge in [-0.1, -0.05) is 50.3 Å². The molecule has 4 nitrogen and oxygen atoms in total. The minimum Gasteiger partial charge on any atom is -0.390 e. The van der Waals surface area contributed by atoms with Crippen molar-refractivity contribution >= 4 is 0 Å². The fourth-order valence-corrected chi connectivity index (χ4v) is 2.34. The Bertz CT molecular complexity index is 567. The van der Waals surface area contributed by atoms with Gasteiger partial charge >= 0.3 is 0 Å². The van der Waals surface area contributed by atoms with E-state index in [2.05, 4.69) is 50.1 Å². The third-order valence-corrected chi connectivity index (χ3v) is 3.25. The Labute approximate surface area is 114 Å². The first-order chi connectivity index (χ1) is 8.93. The lowest BCUT2D eigenvalue weighted by Gasteiger charge is -2.21. The van der Waals surface area contributed by atoms with E-state index in [0.29, 0.717) is 12.2 Å². The molecule has 0 radical (unpaired) electrons. The summed E-state index contributed by atoms with van der Waals surface area (Å²) in [5.41, 5.74) is 4.04. The zero-order valence-electron chi connectivity index (χ0n) is 12.0. The molecule has 0 spiro atoms. The summed E-state index contributed by atoms with van der Waals surface area (Å²) in [5, 5.41) is 17.7. The van der Waals surface area contributed by atoms with Crippen molar-refractivity contribution in [3.8, 4) is 0 Å². The van der Waals surface area contributed by atoms with Crippen LogP contribution in [0, 0.1) is 6.92 Å². The van der Waals surface area contributed by atoms with Crippen LogP contribution in [0.3, 0.4) is 0 Å². The minimum absolute atomic E-state index is 0.0691. The Kier molecular flexibility index (Phi) is 3.71. The molecule has 0 aliphatic carbocycles. The fourth-order valence-electron chi connectivity index (χ4n) is 2.34. The van der Waals surface area contributed by atoms with Crippen LogP contribution in [0.2, 0.25) is 0 Å². The van der Waals surface area contributed by atoms with Gasteiger partial charge in [-0.15, -0.1) is 5.10 Å². The third-order valence-electron chi connectivity index (χ3n) is 3.25. The van der Waals surface area contributed by atoms with Crippen LogP contribution in [0.4, 0.5) is 0 Å². The van der Waals surface area contributed by atoms with Crippen molar-refractivity contribution in [3.63, 3.8) is 0 Å². The zero-order chi connectivity index (χ0) is 14.0. The largest absolute Gasteiger partial charge is 0.390 e. The number of benzene rings is 1. The molecule has 0 saturated heterocycles. The predicted octanol–water partition coefficient (Wildman–Crippen LogP) is 2.42. The van der Waals surface area contributed by atoms with Crippen molar-refractivity contribution < 1.29 is 5.11 Å². The molecule has 0 aliphatic rings. The molecule has 1 heterocycles. The summed E-state index contributed by atoms with van der Waals surface area (Å²) < 4.78 is 1.90. The summed E-state index contributed by atoms with van der Waals surface area (Å²) in [4.78, 5) is 0. The second-order valence-electron chi connectivity index (χ2n) is 5.88. The molecule has 1 aromatic carbocycles. The van der Waals surface area contributed by atoms with Crippen LogP contribution in [0.15, 0.2) is 24.3 Å². The Hall–Kier alpha value is -1.68. The molecule has 2 rings (SSSR count). The van der Waals surface area contributed by atoms with E-state index >= 15 is 0 Å². The number of aryl methyl sites for hydroxylation is 1. The van der Waals surface area contributed by atoms with Crippen molar-refractivity contribution in [2.45, 2.75) is 46.3 Å². The maximum Gasteiger partial charge on any atom is 0.112 e. The normalized spacial score (nSPS) is 11.8. The predicted molar refractivity (Wildman–Crippen MR) is 74.9 cm³/mol. The molecule has 0 bridgehead atoms. The average molecular weight is 259 g/mol. The topological polar surface area (TPSA) is 50.9 Å². The van der Waals surface area contributed by atoms with E-state index in [0.717, 1.165) is 5.69 Å². The number of hydrogen-bond acceptors (Lipinski definition) is 3. The zero-order valence-corrected chi connectivity index (χ0v) is 12.0. The smallest absolute Gasteiger partial charge is 0.112 e. The van der Waals surface area contributed by atoms with E-state index in [9.17, 15) is 5.11 Å². The molecule has 2 aromatic rings. The monoisotopic (exact) mass is 259 g/mol. The highest BCUT2D eigenvalue weighted by atomic mass is 16.3. The molecule has 0 atom stereocenters. The highest BCUT2D eigenvalue weighted by Crippen LogP contribution is 2.25. The second-order valence-corrected chi connectivity index (χ2v) is 5.88. The maximum atomic E-state index is 9.40. The number of hydrogen-bond donors (Lipinski definition) is 1. The van der Waals surface area contributed by atoms with E-state index in [1.165, 1.54) is 11.1 Å². The summed E-state index contributed by atoms with van der Waals surface area (Å²) in [7, 11) is 0. The summed E-state index contributed by atoms with van der Waals surface area (Å²) in [6.45, 7) is 9.04. The van der Waals surface area contributed by atoms with E-state index in [1.807, 2.05) is 16.8 Å². The van der Waals surface area contributed by atoms with Crippen molar-refractivity contribution in [2.75, 3.05) is 0 Å². The standard InChI is InChI=1S/C15H21N3O/c1-11-7-5-6-8-12(11)9-18-14(15(2,3)4)13(10-19)16-17-18/h5-8,19H,9-10H2,1-4H3. The lowest BCUT2D eigenvalue weighted by atomic mass is 9.90. The van der Waals surface area contributed by atoms with Gasteiger partial charge in [0.15, 0.2) is 0 Å². The quantitative estimate of drug-likeness (QED) is 0.921. The van der Waals surface area contributed by atoms with Gasteiger partial charge in [-0.3, -0.25) is 0 Å². The second kappa shape index (κ2) is 5.13. The van der Waals surface area contributed by atoms with Gasteiger partial charge in [0.25, 0.3) is 0 Å². The van der Waals surface area contributed by atoms with E-state index in [-0.39, 0.29) is 12.0 Å². The maximum absolute atomic E-state index is 9.40. The Balaban J connectivity index is 2.42. The highest BCUT2D eigenvalue weighted by Gasteiger charge is 2.25. The van der Waals surface area contributed by atoms with Crippen molar-refractivity contribution in [2.24, 2.45) is 0 Å². The summed E-state index contributed by atoms with van der Waals surface area (Å²) in [6, 6.07) is 8.25. The first-order valence-electron chi connectivity index (χ1n) is 6.51. The summed E-state index contributed by atoms with van der Waals surface area (Å²) in [5.74, 6) is 0. The molecule has 0 fully saturated rings. The van der Waals surface area contributed by atoms with E-state index in [4.69, 9.17) is 0 Å². The van der Waals surface area contributed by atoms with Crippen LogP contribution in [-0.4, -0.2) is 20.1 Å². The fraction of sp³-hybridized carbons (Fsp3) is 0.467. The van der Waals surface area contributed by atoms with Gasteiger partial charge in [-0.05, 0) is 18.1 Å². The Morgan fingerprint density at radius 3 is 2.47 bits per heavy atom. The molecule has 0 aliphatic heterocycles. The average Bonchev–Trinajstić information content (AvgIpc) is 2.75. The number of rotatable bonds is 3. The lowest BCUT2D eigenvalue weighted by molar-refractivity contribution is 0.273. The molecule has 1 aromatic heterocycles. The third kappa shape index (κ3) is 2.84. The van der Waals surface area contributed by atoms with Gasteiger partial charge in [-0.2, -0.15) is 0 Å². The number of aliphatic hydroxyl groups excluding tert-OH is 1. The van der Waals surface area contributed by atoms with Gasteiger partial charge in [0, 0.05) is 5.41 Å². The van der Waals surface area contributed by atoms with E-state index in [1.54, 1.807) is 0 Å². The highest BCUT2D eigenvalue weighted by molar-refractivity contribution is 5.27. The van der Waals surface area contributed by atoms with Crippen LogP contribution >= 0.6 is 0 Å². The van der Waals surface area contributed by atoms with Crippen LogP contribution in [0.5, 0.6) is 0 Å². The number of nitrogens with zero attached hydrogens (tertiary/aromatic N) is 3. The first kappa shape index (κ1) is 13.7. The molecule has 0 amide bonds. The Morgan fingerprint density at radius 2 is 1.89 bits per heavy atom. The molecule has 19 heavy (non-hydrogen) atoms. The molecule has 1 N–H and O–H groups in total. The van der Waals surface area contributed by atoms with Crippen LogP contribution in [0.1, 0.15) is 43.3 Å². The number of aliphatic hydroxyl groups is 1. The van der Waals surface area contributed by atoms with Crippen molar-refractivity contribution in [1.29, 1.82) is 0 Å². The lowest BCUT2D eigenvalue weighted by Crippen LogP contribution is -2.21. The van der Waals surface area contributed by atoms with Crippen LogP contribution < -0.4 is 0 Å². The van der Waals surface area contributed by atoms with Gasteiger partial charge in [0.2, 0.25) is 0 Å². The summed E-state index contributed by atoms with van der Waals surface area (Å²) >= 11 is 0. The van der Waals surface area contributed by atoms with Crippen molar-refractivity contribution in [1.82, 2.24) is 15.0 Å². The molecule has 102 valence electrons. The van der Waals surface area contributed by atoms with Crippen LogP contribution in [0.25, 0.3) is 0 Å². The number of aromatic nitrogens is 3. The molecular weight excluding hydrogens is 238 g/mol. The molecular formula is C15H21N3O. The van der Waals surface area contributed by atoms with E-state index < -0.39 is 0 Å². The Morgan fingerprint density at radius 1 is 1.21 bits per heavy atom. The SMILES string of the molecule is Cc1ccccc1Cn1nnc(CO)c1C(C)(C)C. The van der Waals surface area contributed by atoms with Crippen molar-refractivity contribution in [3.05, 3.63) is 46.8 Å². The summed E-state index contributed by atoms with van der Waals surface area (Å²) in [6.07, 6.45) is 0. The van der Waals surface area contributed by atoms with Gasteiger partial charge in [0.1, 0.15) is 5.69 Å². The first-order valence-corrected chi connectivity index (χ1v) is 6.51. The molecule has 0 saturated carbocycles. The van der Waals surface area contributed by atoms with Crippen LogP contribution in [-0.2, 0) is 18.6 Å². The minimum atomic E-state index is -0.0930. The van der Waals surface area contributed by atoms with Gasteiger partial charge in [-0.25, -0.2) is 4.68 Å².